The third kappa shape index (κ3) is 4.04. The first kappa shape index (κ1) is 10.2. The molecule has 0 aromatic carbocycles. The van der Waals surface area contributed by atoms with Gasteiger partial charge in [0.2, 0.25) is 0 Å². The van der Waals surface area contributed by atoms with Crippen LogP contribution in [-0.2, 0) is 19.1 Å². The van der Waals surface area contributed by atoms with Crippen molar-refractivity contribution < 1.29 is 29.3 Å². The molecule has 6 nitrogen and oxygen atoms in total. The molecule has 12 heavy (non-hydrogen) atoms. The lowest BCUT2D eigenvalue weighted by Crippen LogP contribution is -2.07. The van der Waals surface area contributed by atoms with E-state index in [1.807, 2.05) is 0 Å². The van der Waals surface area contributed by atoms with Crippen molar-refractivity contribution in [3.05, 3.63) is 11.8 Å². The number of hydrogen-bond donors (Lipinski definition) is 2. The van der Waals surface area contributed by atoms with Crippen molar-refractivity contribution in [2.45, 2.75) is 6.42 Å². The summed E-state index contributed by atoms with van der Waals surface area (Å²) in [6.07, 6.45) is -0.105. The fourth-order valence-corrected chi connectivity index (χ4v) is 0.441. The van der Waals surface area contributed by atoms with Gasteiger partial charge in [-0.25, -0.2) is 4.79 Å². The number of carboxylic acids is 2. The minimum Gasteiger partial charge on any atom is -0.481 e. The molecule has 2 N–H and O–H groups in total. The Bertz CT molecular complexity index is 228. The lowest BCUT2D eigenvalue weighted by Gasteiger charge is -1.95. The molecule has 0 aromatic rings. The van der Waals surface area contributed by atoms with Gasteiger partial charge in [0.15, 0.2) is 0 Å². The topological polar surface area (TPSA) is 101 Å². The van der Waals surface area contributed by atoms with Gasteiger partial charge in [-0.15, -0.1) is 0 Å². The molecular formula is C6H6O6. The van der Waals surface area contributed by atoms with Crippen molar-refractivity contribution in [1.29, 1.82) is 0 Å². The number of ether oxygens (including phenoxy) is 1. The van der Waals surface area contributed by atoms with E-state index in [0.717, 1.165) is 0 Å². The standard InChI is InChI=1S/C6H6O6/c7-3-12-2-4(6(10)11)1-5(8)9/h2-3H,1H2,(H,8,9)(H,10,11). The highest BCUT2D eigenvalue weighted by Crippen LogP contribution is 2.00. The summed E-state index contributed by atoms with van der Waals surface area (Å²) < 4.78 is 3.97. The van der Waals surface area contributed by atoms with Crippen LogP contribution in [0, 0.1) is 0 Å². The van der Waals surface area contributed by atoms with Gasteiger partial charge in [0.25, 0.3) is 6.47 Å². The highest BCUT2D eigenvalue weighted by molar-refractivity contribution is 5.91. The maximum atomic E-state index is 10.2. The van der Waals surface area contributed by atoms with Crippen LogP contribution in [0.5, 0.6) is 0 Å². The van der Waals surface area contributed by atoms with Crippen LogP contribution in [-0.4, -0.2) is 28.6 Å². The van der Waals surface area contributed by atoms with Crippen LogP contribution in [0.1, 0.15) is 6.42 Å². The van der Waals surface area contributed by atoms with Gasteiger partial charge < -0.3 is 14.9 Å². The molecule has 66 valence electrons. The molecule has 0 aliphatic carbocycles. The first-order valence-corrected chi connectivity index (χ1v) is 2.81. The average molecular weight is 174 g/mol. The number of aliphatic carboxylic acids is 2. The Morgan fingerprint density at radius 1 is 1.33 bits per heavy atom. The Hall–Kier alpha value is -1.85. The molecule has 0 bridgehead atoms. The molecule has 6 heteroatoms. The fourth-order valence-electron chi connectivity index (χ4n) is 0.441. The van der Waals surface area contributed by atoms with Gasteiger partial charge in [0.05, 0.1) is 12.0 Å². The first-order chi connectivity index (χ1) is 5.57. The predicted molar refractivity (Wildman–Crippen MR) is 35.1 cm³/mol. The quantitative estimate of drug-likeness (QED) is 0.334. The van der Waals surface area contributed by atoms with Gasteiger partial charge in [0.1, 0.15) is 6.26 Å². The van der Waals surface area contributed by atoms with Crippen LogP contribution in [0.25, 0.3) is 0 Å². The van der Waals surface area contributed by atoms with E-state index in [9.17, 15) is 14.4 Å². The van der Waals surface area contributed by atoms with Crippen molar-refractivity contribution >= 4 is 18.4 Å². The monoisotopic (exact) mass is 174 g/mol. The summed E-state index contributed by atoms with van der Waals surface area (Å²) in [6.45, 7) is 0.00475. The molecule has 0 atom stereocenters. The summed E-state index contributed by atoms with van der Waals surface area (Å²) >= 11 is 0. The van der Waals surface area contributed by atoms with Crippen LogP contribution in [0.3, 0.4) is 0 Å². The molecule has 0 unspecified atom stereocenters. The van der Waals surface area contributed by atoms with E-state index in [1.54, 1.807) is 0 Å². The summed E-state index contributed by atoms with van der Waals surface area (Å²) in [5, 5.41) is 16.5. The Morgan fingerprint density at radius 2 is 1.92 bits per heavy atom. The van der Waals surface area contributed by atoms with Gasteiger partial charge in [-0.2, -0.15) is 0 Å². The van der Waals surface area contributed by atoms with Gasteiger partial charge in [-0.1, -0.05) is 0 Å². The molecule has 0 rings (SSSR count). The Labute approximate surface area is 67.1 Å². The predicted octanol–water partition coefficient (Wildman–Crippen LogP) is -0.397. The van der Waals surface area contributed by atoms with Crippen LogP contribution >= 0.6 is 0 Å². The minimum absolute atomic E-state index is 0.00475. The van der Waals surface area contributed by atoms with E-state index in [-0.39, 0.29) is 6.47 Å². The minimum atomic E-state index is -1.43. The first-order valence-electron chi connectivity index (χ1n) is 2.81. The van der Waals surface area contributed by atoms with Crippen molar-refractivity contribution in [1.82, 2.24) is 0 Å². The molecule has 0 aliphatic heterocycles. The SMILES string of the molecule is O=COC=C(CC(=O)O)C(=O)O. The van der Waals surface area contributed by atoms with E-state index < -0.39 is 23.9 Å². The van der Waals surface area contributed by atoms with Crippen LogP contribution < -0.4 is 0 Å². The molecule has 0 fully saturated rings. The normalized spacial score (nSPS) is 10.5. The molecular weight excluding hydrogens is 168 g/mol. The summed E-state index contributed by atoms with van der Waals surface area (Å²) in [5.41, 5.74) is -0.491. The number of hydrogen-bond acceptors (Lipinski definition) is 4. The van der Waals surface area contributed by atoms with Gasteiger partial charge in [0, 0.05) is 0 Å². The van der Waals surface area contributed by atoms with Crippen LogP contribution in [0.4, 0.5) is 0 Å². The van der Waals surface area contributed by atoms with E-state index >= 15 is 0 Å². The highest BCUT2D eigenvalue weighted by Gasteiger charge is 2.11. The third-order valence-corrected chi connectivity index (χ3v) is 0.882. The van der Waals surface area contributed by atoms with Crippen molar-refractivity contribution in [3.63, 3.8) is 0 Å². The van der Waals surface area contributed by atoms with Crippen molar-refractivity contribution in [3.8, 4) is 0 Å². The van der Waals surface area contributed by atoms with E-state index in [0.29, 0.717) is 6.26 Å². The number of carbonyl (C=O) groups excluding carboxylic acids is 1. The Balaban J connectivity index is 4.32. The van der Waals surface area contributed by atoms with Crippen molar-refractivity contribution in [2.75, 3.05) is 0 Å². The smallest absolute Gasteiger partial charge is 0.335 e. The second-order valence-corrected chi connectivity index (χ2v) is 1.75. The summed E-state index contributed by atoms with van der Waals surface area (Å²) in [6, 6.07) is 0. The molecule has 0 heterocycles. The lowest BCUT2D eigenvalue weighted by molar-refractivity contribution is -0.140. The fraction of sp³-hybridized carbons (Fsp3) is 0.167. The maximum absolute atomic E-state index is 10.2. The van der Waals surface area contributed by atoms with Gasteiger partial charge in [-0.3, -0.25) is 9.59 Å². The largest absolute Gasteiger partial charge is 0.481 e. The molecule has 0 amide bonds. The zero-order chi connectivity index (χ0) is 9.56. The molecule has 0 saturated heterocycles. The molecule has 0 spiro atoms. The average Bonchev–Trinajstić information content (AvgIpc) is 1.96. The van der Waals surface area contributed by atoms with E-state index in [4.69, 9.17) is 10.2 Å². The van der Waals surface area contributed by atoms with Gasteiger partial charge in [-0.05, 0) is 0 Å². The highest BCUT2D eigenvalue weighted by atomic mass is 16.5. The lowest BCUT2D eigenvalue weighted by atomic mass is 10.2. The second kappa shape index (κ2) is 4.89. The second-order valence-electron chi connectivity index (χ2n) is 1.75. The summed E-state index contributed by atoms with van der Waals surface area (Å²) in [7, 11) is 0. The van der Waals surface area contributed by atoms with Crippen molar-refractivity contribution in [2.24, 2.45) is 0 Å². The molecule has 0 aliphatic rings. The maximum Gasteiger partial charge on any atom is 0.335 e. The molecule has 0 aromatic heterocycles. The zero-order valence-corrected chi connectivity index (χ0v) is 5.89. The Kier molecular flexibility index (Phi) is 4.13. The van der Waals surface area contributed by atoms with E-state index in [1.165, 1.54) is 0 Å². The number of carboxylic acid groups (broad SMARTS) is 2. The molecule has 0 radical (unpaired) electrons. The molecule has 0 saturated carbocycles. The van der Waals surface area contributed by atoms with E-state index in [2.05, 4.69) is 4.74 Å². The van der Waals surface area contributed by atoms with Gasteiger partial charge >= 0.3 is 11.9 Å². The summed E-state index contributed by atoms with van der Waals surface area (Å²) in [5.74, 6) is -2.74. The Morgan fingerprint density at radius 3 is 2.25 bits per heavy atom. The van der Waals surface area contributed by atoms with Crippen LogP contribution in [0.2, 0.25) is 0 Å². The third-order valence-electron chi connectivity index (χ3n) is 0.882. The summed E-state index contributed by atoms with van der Waals surface area (Å²) in [4.78, 5) is 29.9. The zero-order valence-electron chi connectivity index (χ0n) is 5.89. The number of carbonyl (C=O) groups is 3. The van der Waals surface area contributed by atoms with Crippen LogP contribution in [0.15, 0.2) is 11.8 Å². The number of rotatable bonds is 5.